The lowest BCUT2D eigenvalue weighted by molar-refractivity contribution is 0.0451. The summed E-state index contributed by atoms with van der Waals surface area (Å²) in [4.78, 5) is 15.6. The zero-order valence-electron chi connectivity index (χ0n) is 10.6. The van der Waals surface area contributed by atoms with Crippen LogP contribution in [0.1, 0.15) is 10.4 Å². The van der Waals surface area contributed by atoms with Crippen molar-refractivity contribution in [3.05, 3.63) is 52.6 Å². The summed E-state index contributed by atoms with van der Waals surface area (Å²) in [5.41, 5.74) is 5.84. The molecule has 20 heavy (non-hydrogen) atoms. The first-order chi connectivity index (χ1) is 9.66. The van der Waals surface area contributed by atoms with Gasteiger partial charge in [-0.1, -0.05) is 22.0 Å². The Morgan fingerprint density at radius 2 is 2.10 bits per heavy atom. The van der Waals surface area contributed by atoms with Crippen LogP contribution in [0.5, 0.6) is 5.75 Å². The highest BCUT2D eigenvalue weighted by Gasteiger charge is 2.11. The van der Waals surface area contributed by atoms with E-state index in [1.807, 2.05) is 24.3 Å². The van der Waals surface area contributed by atoms with Gasteiger partial charge in [-0.15, -0.1) is 0 Å². The molecule has 1 aromatic heterocycles. The molecule has 0 aliphatic rings. The topological polar surface area (TPSA) is 74.4 Å². The van der Waals surface area contributed by atoms with Gasteiger partial charge >= 0.3 is 5.97 Å². The highest BCUT2D eigenvalue weighted by Crippen LogP contribution is 2.17. The molecular weight excluding hydrogens is 324 g/mol. The van der Waals surface area contributed by atoms with Crippen LogP contribution in [-0.2, 0) is 4.74 Å². The summed E-state index contributed by atoms with van der Waals surface area (Å²) < 4.78 is 11.4. The third-order valence-electron chi connectivity index (χ3n) is 2.44. The molecular formula is C14H13BrN2O3. The summed E-state index contributed by atoms with van der Waals surface area (Å²) >= 11 is 3.35. The number of pyridine rings is 1. The van der Waals surface area contributed by atoms with Crippen molar-refractivity contribution in [1.82, 2.24) is 4.98 Å². The van der Waals surface area contributed by atoms with E-state index in [-0.39, 0.29) is 24.6 Å². The van der Waals surface area contributed by atoms with Gasteiger partial charge in [0.15, 0.2) is 0 Å². The third kappa shape index (κ3) is 3.96. The number of halogens is 1. The molecule has 0 amide bonds. The molecule has 0 aliphatic carbocycles. The Hall–Kier alpha value is -2.08. The quantitative estimate of drug-likeness (QED) is 0.671. The molecule has 0 spiro atoms. The number of anilines is 1. The lowest BCUT2D eigenvalue weighted by Gasteiger charge is -2.08. The smallest absolute Gasteiger partial charge is 0.342 e. The van der Waals surface area contributed by atoms with Crippen LogP contribution in [0.25, 0.3) is 0 Å². The maximum Gasteiger partial charge on any atom is 0.342 e. The van der Waals surface area contributed by atoms with E-state index in [2.05, 4.69) is 20.9 Å². The van der Waals surface area contributed by atoms with Gasteiger partial charge in [-0.3, -0.25) is 0 Å². The highest BCUT2D eigenvalue weighted by molar-refractivity contribution is 9.10. The zero-order valence-corrected chi connectivity index (χ0v) is 12.2. The number of nitrogens with zero attached hydrogens (tertiary/aromatic N) is 1. The molecule has 0 fully saturated rings. The van der Waals surface area contributed by atoms with Crippen LogP contribution in [0.3, 0.4) is 0 Å². The fraction of sp³-hybridized carbons (Fsp3) is 0.143. The largest absolute Gasteiger partial charge is 0.490 e. The number of esters is 1. The monoisotopic (exact) mass is 336 g/mol. The normalized spacial score (nSPS) is 10.1. The molecule has 1 aromatic carbocycles. The number of aromatic nitrogens is 1. The van der Waals surface area contributed by atoms with Crippen LogP contribution in [0.4, 0.5) is 5.82 Å². The molecule has 6 heteroatoms. The molecule has 0 radical (unpaired) electrons. The Balaban J connectivity index is 1.79. The number of ether oxygens (including phenoxy) is 2. The number of nitrogens with two attached hydrogens (primary N) is 1. The summed E-state index contributed by atoms with van der Waals surface area (Å²) in [5.74, 6) is 0.357. The Bertz CT molecular complexity index is 604. The second-order valence-electron chi connectivity index (χ2n) is 3.88. The second-order valence-corrected chi connectivity index (χ2v) is 4.79. The second kappa shape index (κ2) is 6.91. The number of carbonyl (C=O) groups is 1. The first kappa shape index (κ1) is 14.3. The van der Waals surface area contributed by atoms with Gasteiger partial charge in [0.2, 0.25) is 0 Å². The van der Waals surface area contributed by atoms with Gasteiger partial charge in [0, 0.05) is 10.7 Å². The number of rotatable bonds is 5. The molecule has 0 atom stereocenters. The fourth-order valence-corrected chi connectivity index (χ4v) is 1.90. The van der Waals surface area contributed by atoms with Gasteiger partial charge in [-0.05, 0) is 30.3 Å². The molecule has 0 saturated heterocycles. The van der Waals surface area contributed by atoms with Crippen molar-refractivity contribution in [1.29, 1.82) is 0 Å². The minimum Gasteiger partial charge on any atom is -0.490 e. The van der Waals surface area contributed by atoms with Crippen LogP contribution < -0.4 is 10.5 Å². The maximum atomic E-state index is 11.7. The van der Waals surface area contributed by atoms with Crippen LogP contribution in [0.15, 0.2) is 47.1 Å². The SMILES string of the molecule is Nc1ncccc1C(=O)OCCOc1cccc(Br)c1. The lowest BCUT2D eigenvalue weighted by atomic mass is 10.2. The van der Waals surface area contributed by atoms with Gasteiger partial charge in [0.05, 0.1) is 0 Å². The average molecular weight is 337 g/mol. The van der Waals surface area contributed by atoms with Crippen molar-refractivity contribution in [3.8, 4) is 5.75 Å². The Morgan fingerprint density at radius 3 is 2.85 bits per heavy atom. The maximum absolute atomic E-state index is 11.7. The molecule has 2 N–H and O–H groups in total. The molecule has 0 aliphatic heterocycles. The number of nitrogen functional groups attached to an aromatic ring is 1. The van der Waals surface area contributed by atoms with E-state index in [1.54, 1.807) is 12.1 Å². The van der Waals surface area contributed by atoms with E-state index in [0.717, 1.165) is 4.47 Å². The molecule has 2 rings (SSSR count). The van der Waals surface area contributed by atoms with Crippen molar-refractivity contribution < 1.29 is 14.3 Å². The van der Waals surface area contributed by atoms with Gasteiger partial charge in [-0.25, -0.2) is 9.78 Å². The van der Waals surface area contributed by atoms with E-state index in [9.17, 15) is 4.79 Å². The van der Waals surface area contributed by atoms with Crippen molar-refractivity contribution in [2.45, 2.75) is 0 Å². The first-order valence-electron chi connectivity index (χ1n) is 5.93. The Labute approximate surface area is 124 Å². The van der Waals surface area contributed by atoms with Gasteiger partial charge in [0.25, 0.3) is 0 Å². The van der Waals surface area contributed by atoms with Gasteiger partial charge in [0.1, 0.15) is 30.3 Å². The van der Waals surface area contributed by atoms with Crippen LogP contribution >= 0.6 is 15.9 Å². The number of hydrogen-bond donors (Lipinski definition) is 1. The predicted octanol–water partition coefficient (Wildman–Crippen LogP) is 2.66. The van der Waals surface area contributed by atoms with E-state index in [0.29, 0.717) is 5.75 Å². The molecule has 0 bridgehead atoms. The molecule has 0 saturated carbocycles. The summed E-state index contributed by atoms with van der Waals surface area (Å²) in [7, 11) is 0. The van der Waals surface area contributed by atoms with Gasteiger partial charge in [-0.2, -0.15) is 0 Å². The van der Waals surface area contributed by atoms with Crippen molar-refractivity contribution >= 4 is 27.7 Å². The zero-order chi connectivity index (χ0) is 14.4. The van der Waals surface area contributed by atoms with E-state index >= 15 is 0 Å². The predicted molar refractivity (Wildman–Crippen MR) is 78.6 cm³/mol. The standard InChI is InChI=1S/C14H13BrN2O3/c15-10-3-1-4-11(9-10)19-7-8-20-14(18)12-5-2-6-17-13(12)16/h1-6,9H,7-8H2,(H2,16,17). The van der Waals surface area contributed by atoms with E-state index in [4.69, 9.17) is 15.2 Å². The Kier molecular flexibility index (Phi) is 4.95. The minimum atomic E-state index is -0.506. The first-order valence-corrected chi connectivity index (χ1v) is 6.72. The van der Waals surface area contributed by atoms with E-state index in [1.165, 1.54) is 6.20 Å². The van der Waals surface area contributed by atoms with Gasteiger partial charge < -0.3 is 15.2 Å². The van der Waals surface area contributed by atoms with E-state index < -0.39 is 5.97 Å². The highest BCUT2D eigenvalue weighted by atomic mass is 79.9. The fourth-order valence-electron chi connectivity index (χ4n) is 1.52. The van der Waals surface area contributed by atoms with Crippen molar-refractivity contribution in [3.63, 3.8) is 0 Å². The molecule has 1 heterocycles. The summed E-state index contributed by atoms with van der Waals surface area (Å²) in [6.45, 7) is 0.405. The Morgan fingerprint density at radius 1 is 1.25 bits per heavy atom. The number of benzene rings is 1. The summed E-state index contributed by atoms with van der Waals surface area (Å²) in [6, 6.07) is 10.6. The molecule has 104 valence electrons. The van der Waals surface area contributed by atoms with Crippen LogP contribution in [0, 0.1) is 0 Å². The van der Waals surface area contributed by atoms with Crippen LogP contribution in [-0.4, -0.2) is 24.2 Å². The lowest BCUT2D eigenvalue weighted by Crippen LogP contribution is -2.14. The minimum absolute atomic E-state index is 0.139. The summed E-state index contributed by atoms with van der Waals surface area (Å²) in [6.07, 6.45) is 1.52. The molecule has 2 aromatic rings. The molecule has 0 unspecified atom stereocenters. The number of hydrogen-bond acceptors (Lipinski definition) is 5. The van der Waals surface area contributed by atoms with Crippen LogP contribution in [0.2, 0.25) is 0 Å². The summed E-state index contributed by atoms with van der Waals surface area (Å²) in [5, 5.41) is 0. The third-order valence-corrected chi connectivity index (χ3v) is 2.93. The van der Waals surface area contributed by atoms with Crippen molar-refractivity contribution in [2.24, 2.45) is 0 Å². The van der Waals surface area contributed by atoms with Crippen molar-refractivity contribution in [2.75, 3.05) is 18.9 Å². The molecule has 5 nitrogen and oxygen atoms in total. The number of carbonyl (C=O) groups excluding carboxylic acids is 1. The average Bonchev–Trinajstić information content (AvgIpc) is 2.44.